The molecule has 1 N–H and O–H groups in total. The third-order valence-corrected chi connectivity index (χ3v) is 2.98. The highest BCUT2D eigenvalue weighted by atomic mass is 16.4. The van der Waals surface area contributed by atoms with E-state index in [2.05, 4.69) is 11.2 Å². The Hall–Kier alpha value is -2.54. The number of benzene rings is 1. The Morgan fingerprint density at radius 3 is 2.39 bits per heavy atom. The molecule has 0 bridgehead atoms. The Morgan fingerprint density at radius 1 is 1.22 bits per heavy atom. The molecule has 0 aliphatic heterocycles. The largest absolute Gasteiger partial charge is 0.411 e. The van der Waals surface area contributed by atoms with Crippen LogP contribution in [0.2, 0.25) is 0 Å². The summed E-state index contributed by atoms with van der Waals surface area (Å²) in [4.78, 5) is 0. The van der Waals surface area contributed by atoms with Gasteiger partial charge in [0.25, 0.3) is 0 Å². The van der Waals surface area contributed by atoms with Crippen molar-refractivity contribution in [1.82, 2.24) is 4.57 Å². The van der Waals surface area contributed by atoms with Gasteiger partial charge in [-0.25, -0.2) is 0 Å². The van der Waals surface area contributed by atoms with Crippen LogP contribution >= 0.6 is 0 Å². The van der Waals surface area contributed by atoms with Gasteiger partial charge < -0.3 is 9.77 Å². The molecule has 1 aromatic heterocycles. The SMILES string of the molecule is CC(=NO)c1ccc(-c2ccc(C#N)n2C)cc1. The highest BCUT2D eigenvalue weighted by Gasteiger charge is 2.06. The van der Waals surface area contributed by atoms with Gasteiger partial charge in [0.15, 0.2) is 0 Å². The molecule has 0 amide bonds. The molecular formula is C14H13N3O. The van der Waals surface area contributed by atoms with Crippen LogP contribution in [-0.2, 0) is 7.05 Å². The second-order valence-corrected chi connectivity index (χ2v) is 4.04. The van der Waals surface area contributed by atoms with Crippen LogP contribution in [0.3, 0.4) is 0 Å². The molecule has 0 fully saturated rings. The third-order valence-electron chi connectivity index (χ3n) is 2.98. The minimum Gasteiger partial charge on any atom is -0.411 e. The molecule has 2 rings (SSSR count). The van der Waals surface area contributed by atoms with Gasteiger partial charge in [0.2, 0.25) is 0 Å². The van der Waals surface area contributed by atoms with E-state index in [9.17, 15) is 0 Å². The van der Waals surface area contributed by atoms with Gasteiger partial charge in [0.05, 0.1) is 5.71 Å². The van der Waals surface area contributed by atoms with Crippen molar-refractivity contribution < 1.29 is 5.21 Å². The number of hydrogen-bond donors (Lipinski definition) is 1. The standard InChI is InChI=1S/C14H13N3O/c1-10(16-18)11-3-5-12(6-4-11)14-8-7-13(9-15)17(14)2/h3-8,18H,1-2H3. The molecule has 2 aromatic rings. The Balaban J connectivity index is 2.41. The summed E-state index contributed by atoms with van der Waals surface area (Å²) in [5, 5.41) is 20.8. The lowest BCUT2D eigenvalue weighted by Crippen LogP contribution is -1.96. The summed E-state index contributed by atoms with van der Waals surface area (Å²) in [5.41, 5.74) is 4.08. The van der Waals surface area contributed by atoms with Crippen molar-refractivity contribution in [2.24, 2.45) is 12.2 Å². The highest BCUT2D eigenvalue weighted by molar-refractivity contribution is 5.98. The average Bonchev–Trinajstić information content (AvgIpc) is 2.79. The number of aromatic nitrogens is 1. The summed E-state index contributed by atoms with van der Waals surface area (Å²) in [6, 6.07) is 13.5. The van der Waals surface area contributed by atoms with Gasteiger partial charge in [-0.3, -0.25) is 0 Å². The normalized spacial score (nSPS) is 11.3. The molecule has 90 valence electrons. The molecule has 0 saturated heterocycles. The molecule has 0 spiro atoms. The van der Waals surface area contributed by atoms with Crippen molar-refractivity contribution in [3.8, 4) is 17.3 Å². The van der Waals surface area contributed by atoms with E-state index in [0.29, 0.717) is 11.4 Å². The van der Waals surface area contributed by atoms with Crippen LogP contribution in [0.15, 0.2) is 41.6 Å². The first-order valence-electron chi connectivity index (χ1n) is 5.52. The van der Waals surface area contributed by atoms with Crippen molar-refractivity contribution in [1.29, 1.82) is 5.26 Å². The van der Waals surface area contributed by atoms with E-state index >= 15 is 0 Å². The summed E-state index contributed by atoms with van der Waals surface area (Å²) >= 11 is 0. The minimum atomic E-state index is 0.575. The summed E-state index contributed by atoms with van der Waals surface area (Å²) in [5.74, 6) is 0. The monoisotopic (exact) mass is 239 g/mol. The maximum atomic E-state index is 8.91. The lowest BCUT2D eigenvalue weighted by Gasteiger charge is -2.05. The fraction of sp³-hybridized carbons (Fsp3) is 0.143. The Labute approximate surface area is 105 Å². The molecular weight excluding hydrogens is 226 g/mol. The average molecular weight is 239 g/mol. The van der Waals surface area contributed by atoms with Crippen LogP contribution in [0.25, 0.3) is 11.3 Å². The van der Waals surface area contributed by atoms with Crippen LogP contribution in [0, 0.1) is 11.3 Å². The summed E-state index contributed by atoms with van der Waals surface area (Å²) in [7, 11) is 1.86. The van der Waals surface area contributed by atoms with Crippen LogP contribution in [0.5, 0.6) is 0 Å². The lowest BCUT2D eigenvalue weighted by atomic mass is 10.1. The minimum absolute atomic E-state index is 0.575. The van der Waals surface area contributed by atoms with Gasteiger partial charge in [-0.2, -0.15) is 5.26 Å². The zero-order valence-corrected chi connectivity index (χ0v) is 10.3. The zero-order chi connectivity index (χ0) is 13.1. The Kier molecular flexibility index (Phi) is 3.16. The van der Waals surface area contributed by atoms with Gasteiger partial charge in [0.1, 0.15) is 11.8 Å². The van der Waals surface area contributed by atoms with E-state index in [-0.39, 0.29) is 0 Å². The molecule has 0 radical (unpaired) electrons. The van der Waals surface area contributed by atoms with Gasteiger partial charge in [0, 0.05) is 12.7 Å². The van der Waals surface area contributed by atoms with Gasteiger partial charge in [-0.05, 0) is 30.2 Å². The first-order valence-corrected chi connectivity index (χ1v) is 5.52. The van der Waals surface area contributed by atoms with Crippen molar-refractivity contribution in [3.63, 3.8) is 0 Å². The van der Waals surface area contributed by atoms with Crippen LogP contribution in [-0.4, -0.2) is 15.5 Å². The topological polar surface area (TPSA) is 61.3 Å². The molecule has 4 nitrogen and oxygen atoms in total. The predicted molar refractivity (Wildman–Crippen MR) is 69.6 cm³/mol. The number of oxime groups is 1. The fourth-order valence-corrected chi connectivity index (χ4v) is 1.85. The number of hydrogen-bond acceptors (Lipinski definition) is 3. The van der Waals surface area contributed by atoms with E-state index < -0.39 is 0 Å². The second-order valence-electron chi connectivity index (χ2n) is 4.04. The van der Waals surface area contributed by atoms with Gasteiger partial charge >= 0.3 is 0 Å². The first kappa shape index (κ1) is 11.9. The van der Waals surface area contributed by atoms with E-state index in [4.69, 9.17) is 10.5 Å². The fourth-order valence-electron chi connectivity index (χ4n) is 1.85. The van der Waals surface area contributed by atoms with E-state index in [0.717, 1.165) is 16.8 Å². The summed E-state index contributed by atoms with van der Waals surface area (Å²) < 4.78 is 1.85. The van der Waals surface area contributed by atoms with Crippen LogP contribution < -0.4 is 0 Å². The number of rotatable bonds is 2. The molecule has 4 heteroatoms. The zero-order valence-electron chi connectivity index (χ0n) is 10.3. The molecule has 18 heavy (non-hydrogen) atoms. The van der Waals surface area contributed by atoms with E-state index in [1.807, 2.05) is 41.9 Å². The van der Waals surface area contributed by atoms with Crippen molar-refractivity contribution in [2.75, 3.05) is 0 Å². The van der Waals surface area contributed by atoms with E-state index in [1.165, 1.54) is 0 Å². The second kappa shape index (κ2) is 4.76. The molecule has 0 aliphatic carbocycles. The van der Waals surface area contributed by atoms with Crippen LogP contribution in [0.4, 0.5) is 0 Å². The quantitative estimate of drug-likeness (QED) is 0.497. The molecule has 0 saturated carbocycles. The smallest absolute Gasteiger partial charge is 0.120 e. The Morgan fingerprint density at radius 2 is 1.89 bits per heavy atom. The van der Waals surface area contributed by atoms with Gasteiger partial charge in [-0.1, -0.05) is 29.4 Å². The van der Waals surface area contributed by atoms with E-state index in [1.54, 1.807) is 13.0 Å². The predicted octanol–water partition coefficient (Wildman–Crippen LogP) is 2.76. The molecule has 0 unspecified atom stereocenters. The number of nitrogens with zero attached hydrogens (tertiary/aromatic N) is 3. The Bertz CT molecular complexity index is 630. The van der Waals surface area contributed by atoms with Crippen LogP contribution in [0.1, 0.15) is 18.2 Å². The van der Waals surface area contributed by atoms with Crippen molar-refractivity contribution in [2.45, 2.75) is 6.92 Å². The van der Waals surface area contributed by atoms with Crippen molar-refractivity contribution >= 4 is 5.71 Å². The molecule has 0 aliphatic rings. The first-order chi connectivity index (χ1) is 8.67. The summed E-state index contributed by atoms with van der Waals surface area (Å²) in [6.07, 6.45) is 0. The molecule has 0 atom stereocenters. The highest BCUT2D eigenvalue weighted by Crippen LogP contribution is 2.21. The number of nitriles is 1. The van der Waals surface area contributed by atoms with Crippen molar-refractivity contribution in [3.05, 3.63) is 47.7 Å². The third kappa shape index (κ3) is 1.98. The summed E-state index contributed by atoms with van der Waals surface area (Å²) in [6.45, 7) is 1.74. The maximum Gasteiger partial charge on any atom is 0.120 e. The molecule has 1 heterocycles. The maximum absolute atomic E-state index is 8.91. The molecule has 1 aromatic carbocycles. The van der Waals surface area contributed by atoms with Gasteiger partial charge in [-0.15, -0.1) is 0 Å². The lowest BCUT2D eigenvalue weighted by molar-refractivity contribution is 0.319.